The van der Waals surface area contributed by atoms with Crippen LogP contribution in [0, 0.1) is 11.3 Å². The van der Waals surface area contributed by atoms with Gasteiger partial charge in [-0.15, -0.1) is 0 Å². The van der Waals surface area contributed by atoms with Gasteiger partial charge in [-0.1, -0.05) is 18.2 Å². The minimum absolute atomic E-state index is 0.0905. The molecule has 3 rings (SSSR count). The van der Waals surface area contributed by atoms with Crippen molar-refractivity contribution in [2.45, 2.75) is 0 Å². The number of benzene rings is 1. The summed E-state index contributed by atoms with van der Waals surface area (Å²) in [6.45, 7) is 0. The van der Waals surface area contributed by atoms with Gasteiger partial charge in [0.1, 0.15) is 11.6 Å². The summed E-state index contributed by atoms with van der Waals surface area (Å²) >= 11 is 0. The van der Waals surface area contributed by atoms with Gasteiger partial charge in [-0.25, -0.2) is 0 Å². The molecule has 5 nitrogen and oxygen atoms in total. The van der Waals surface area contributed by atoms with Crippen molar-refractivity contribution in [1.29, 1.82) is 5.26 Å². The number of rotatable bonds is 3. The zero-order valence-corrected chi connectivity index (χ0v) is 11.4. The lowest BCUT2D eigenvalue weighted by atomic mass is 10.0. The summed E-state index contributed by atoms with van der Waals surface area (Å²) in [7, 11) is 1.78. The molecule has 0 fully saturated rings. The van der Waals surface area contributed by atoms with E-state index in [0.29, 0.717) is 5.56 Å². The summed E-state index contributed by atoms with van der Waals surface area (Å²) in [4.78, 5) is 15.6. The largest absolute Gasteiger partial charge is 0.360 e. The molecule has 0 amide bonds. The van der Waals surface area contributed by atoms with E-state index in [0.717, 1.165) is 16.5 Å². The summed E-state index contributed by atoms with van der Waals surface area (Å²) in [6.07, 6.45) is 6.55. The molecule has 0 unspecified atom stereocenters. The molecule has 0 spiro atoms. The standard InChI is InChI=1S/C16H12N4O/c1-20-10-11(8-19-20)6-12(7-17)16(21)14-9-18-15-5-3-2-4-13(14)15/h2-6,8-10,18H,1H3/b12-6+. The second-order valence-electron chi connectivity index (χ2n) is 4.69. The van der Waals surface area contributed by atoms with Crippen LogP contribution in [0.4, 0.5) is 0 Å². The molecule has 0 aliphatic heterocycles. The third-order valence-electron chi connectivity index (χ3n) is 3.23. The molecule has 0 saturated carbocycles. The van der Waals surface area contributed by atoms with E-state index in [1.54, 1.807) is 36.4 Å². The number of carbonyl (C=O) groups is 1. The number of nitrogens with zero attached hydrogens (tertiary/aromatic N) is 3. The van der Waals surface area contributed by atoms with Crippen molar-refractivity contribution in [3.8, 4) is 6.07 Å². The summed E-state index contributed by atoms with van der Waals surface area (Å²) < 4.78 is 1.62. The van der Waals surface area contributed by atoms with Crippen molar-refractivity contribution in [1.82, 2.24) is 14.8 Å². The molecule has 1 N–H and O–H groups in total. The molecule has 0 atom stereocenters. The number of ketones is 1. The van der Waals surface area contributed by atoms with Crippen LogP contribution in [0.3, 0.4) is 0 Å². The number of fused-ring (bicyclic) bond motifs is 1. The topological polar surface area (TPSA) is 74.5 Å². The van der Waals surface area contributed by atoms with Crippen LogP contribution in [0.2, 0.25) is 0 Å². The van der Waals surface area contributed by atoms with Gasteiger partial charge in [0.25, 0.3) is 0 Å². The van der Waals surface area contributed by atoms with Crippen LogP contribution in [-0.2, 0) is 7.05 Å². The maximum Gasteiger partial charge on any atom is 0.205 e. The average molecular weight is 276 g/mol. The van der Waals surface area contributed by atoms with E-state index >= 15 is 0 Å². The molecule has 1 aromatic carbocycles. The Morgan fingerprint density at radius 3 is 2.95 bits per heavy atom. The second-order valence-corrected chi connectivity index (χ2v) is 4.69. The Balaban J connectivity index is 2.04. The van der Waals surface area contributed by atoms with Crippen LogP contribution in [-0.4, -0.2) is 20.5 Å². The first kappa shape index (κ1) is 12.9. The van der Waals surface area contributed by atoms with Gasteiger partial charge in [0.2, 0.25) is 5.78 Å². The van der Waals surface area contributed by atoms with Crippen LogP contribution in [0.15, 0.2) is 48.4 Å². The number of hydrogen-bond donors (Lipinski definition) is 1. The van der Waals surface area contributed by atoms with E-state index in [2.05, 4.69) is 10.1 Å². The van der Waals surface area contributed by atoms with Crippen LogP contribution in [0.25, 0.3) is 17.0 Å². The lowest BCUT2D eigenvalue weighted by molar-refractivity contribution is 0.104. The van der Waals surface area contributed by atoms with Gasteiger partial charge in [0.15, 0.2) is 0 Å². The Kier molecular flexibility index (Phi) is 3.13. The molecule has 102 valence electrons. The Labute approximate surface area is 121 Å². The van der Waals surface area contributed by atoms with E-state index < -0.39 is 0 Å². The van der Waals surface area contributed by atoms with Crippen molar-refractivity contribution in [2.24, 2.45) is 7.05 Å². The highest BCUT2D eigenvalue weighted by Gasteiger charge is 2.16. The molecule has 0 saturated heterocycles. The second kappa shape index (κ2) is 5.10. The predicted octanol–water partition coefficient (Wildman–Crippen LogP) is 2.69. The number of H-pyrrole nitrogens is 1. The fourth-order valence-electron chi connectivity index (χ4n) is 2.23. The maximum atomic E-state index is 12.5. The molecule has 0 bridgehead atoms. The van der Waals surface area contributed by atoms with Crippen molar-refractivity contribution in [3.05, 3.63) is 59.6 Å². The van der Waals surface area contributed by atoms with Crippen molar-refractivity contribution >= 4 is 22.8 Å². The zero-order chi connectivity index (χ0) is 14.8. The minimum Gasteiger partial charge on any atom is -0.360 e. The summed E-state index contributed by atoms with van der Waals surface area (Å²) in [5, 5.41) is 14.1. The molecular formula is C16H12N4O. The van der Waals surface area contributed by atoms with E-state index in [9.17, 15) is 10.1 Å². The van der Waals surface area contributed by atoms with Crippen molar-refractivity contribution in [3.63, 3.8) is 0 Å². The van der Waals surface area contributed by atoms with Gasteiger partial charge in [-0.05, 0) is 12.1 Å². The number of para-hydroxylation sites is 1. The van der Waals surface area contributed by atoms with E-state index in [1.165, 1.54) is 0 Å². The Morgan fingerprint density at radius 1 is 1.43 bits per heavy atom. The van der Waals surface area contributed by atoms with Crippen LogP contribution < -0.4 is 0 Å². The van der Waals surface area contributed by atoms with Crippen LogP contribution >= 0.6 is 0 Å². The maximum absolute atomic E-state index is 12.5. The van der Waals surface area contributed by atoms with Gasteiger partial charge >= 0.3 is 0 Å². The SMILES string of the molecule is Cn1cc(/C=C(\C#N)C(=O)c2c[nH]c3ccccc23)cn1. The highest BCUT2D eigenvalue weighted by Crippen LogP contribution is 2.21. The zero-order valence-electron chi connectivity index (χ0n) is 11.4. The highest BCUT2D eigenvalue weighted by atomic mass is 16.1. The number of Topliss-reactive ketones (excluding diaryl/α,β-unsaturated/α-hetero) is 1. The summed E-state index contributed by atoms with van der Waals surface area (Å²) in [5.41, 5.74) is 2.19. The number of allylic oxidation sites excluding steroid dienone is 1. The fourth-order valence-corrected chi connectivity index (χ4v) is 2.23. The monoisotopic (exact) mass is 276 g/mol. The average Bonchev–Trinajstić information content (AvgIpc) is 3.10. The van der Waals surface area contributed by atoms with Gasteiger partial charge in [0, 0.05) is 41.5 Å². The first-order valence-corrected chi connectivity index (χ1v) is 6.40. The number of hydrogen-bond acceptors (Lipinski definition) is 3. The summed E-state index contributed by atoms with van der Waals surface area (Å²) in [5.74, 6) is -0.293. The van der Waals surface area contributed by atoms with Crippen LogP contribution in [0.1, 0.15) is 15.9 Å². The first-order valence-electron chi connectivity index (χ1n) is 6.40. The van der Waals surface area contributed by atoms with Crippen molar-refractivity contribution in [2.75, 3.05) is 0 Å². The number of aryl methyl sites for hydroxylation is 1. The molecule has 0 aliphatic carbocycles. The molecular weight excluding hydrogens is 264 g/mol. The molecule has 0 aliphatic rings. The van der Waals surface area contributed by atoms with E-state index in [-0.39, 0.29) is 11.4 Å². The fraction of sp³-hybridized carbons (Fsp3) is 0.0625. The molecule has 2 heterocycles. The quantitative estimate of drug-likeness (QED) is 0.454. The molecule has 2 aromatic heterocycles. The minimum atomic E-state index is -0.293. The van der Waals surface area contributed by atoms with Crippen LogP contribution in [0.5, 0.6) is 0 Å². The normalized spacial score (nSPS) is 11.5. The number of nitrogens with one attached hydrogen (secondary N) is 1. The lowest BCUT2D eigenvalue weighted by Crippen LogP contribution is -2.00. The van der Waals surface area contributed by atoms with Gasteiger partial charge in [0.05, 0.1) is 6.20 Å². The molecule has 21 heavy (non-hydrogen) atoms. The van der Waals surface area contributed by atoms with Crippen molar-refractivity contribution < 1.29 is 4.79 Å². The van der Waals surface area contributed by atoms with Gasteiger partial charge < -0.3 is 4.98 Å². The number of aromatic nitrogens is 3. The smallest absolute Gasteiger partial charge is 0.205 e. The third kappa shape index (κ3) is 2.35. The van der Waals surface area contributed by atoms with E-state index in [1.807, 2.05) is 30.3 Å². The Bertz CT molecular complexity index is 892. The molecule has 3 aromatic rings. The van der Waals surface area contributed by atoms with Gasteiger partial charge in [-0.2, -0.15) is 10.4 Å². The lowest BCUT2D eigenvalue weighted by Gasteiger charge is -1.97. The number of aromatic amines is 1. The first-order chi connectivity index (χ1) is 10.2. The molecule has 5 heteroatoms. The van der Waals surface area contributed by atoms with Gasteiger partial charge in [-0.3, -0.25) is 9.48 Å². The molecule has 0 radical (unpaired) electrons. The number of carbonyl (C=O) groups excluding carboxylic acids is 1. The Morgan fingerprint density at radius 2 is 2.24 bits per heavy atom. The highest BCUT2D eigenvalue weighted by molar-refractivity contribution is 6.19. The van der Waals surface area contributed by atoms with E-state index in [4.69, 9.17) is 0 Å². The predicted molar refractivity (Wildman–Crippen MR) is 79.4 cm³/mol. The Hall–Kier alpha value is -3.13. The summed E-state index contributed by atoms with van der Waals surface area (Å²) in [6, 6.07) is 9.48. The third-order valence-corrected chi connectivity index (χ3v) is 3.23. The number of nitriles is 1.